The normalized spacial score (nSPS) is 26.0. The number of aromatic nitrogens is 3. The van der Waals surface area contributed by atoms with Crippen LogP contribution in [0.25, 0.3) is 0 Å². The lowest BCUT2D eigenvalue weighted by molar-refractivity contribution is -0.158. The summed E-state index contributed by atoms with van der Waals surface area (Å²) in [6.07, 6.45) is 0.190. The van der Waals surface area contributed by atoms with E-state index in [0.29, 0.717) is 10.6 Å². The Bertz CT molecular complexity index is 1000. The van der Waals surface area contributed by atoms with Crippen molar-refractivity contribution in [2.24, 2.45) is 12.5 Å². The number of thioether (sulfide) groups is 2. The summed E-state index contributed by atoms with van der Waals surface area (Å²) in [5.74, 6) is -1.44. The third kappa shape index (κ3) is 4.14. The maximum atomic E-state index is 12.7. The van der Waals surface area contributed by atoms with Gasteiger partial charge in [-0.1, -0.05) is 30.3 Å². The summed E-state index contributed by atoms with van der Waals surface area (Å²) in [6.45, 7) is 0.0553. The molecule has 0 saturated carbocycles. The quantitative estimate of drug-likeness (QED) is 0.386. The van der Waals surface area contributed by atoms with E-state index in [1.807, 2.05) is 0 Å². The highest BCUT2D eigenvalue weighted by Gasteiger charge is 2.57. The minimum atomic E-state index is -1.38. The maximum absolute atomic E-state index is 12.7. The number of carbonyl (C=O) groups is 3. The van der Waals surface area contributed by atoms with Gasteiger partial charge in [-0.25, -0.2) is 0 Å². The number of fused-ring (bicyclic) bond motifs is 1. The second-order valence-corrected chi connectivity index (χ2v) is 9.61. The lowest BCUT2D eigenvalue weighted by atomic mass is 9.89. The van der Waals surface area contributed by atoms with Crippen molar-refractivity contribution >= 4 is 41.3 Å². The number of aliphatic carboxylic acids is 1. The first-order valence-electron chi connectivity index (χ1n) is 9.49. The first-order chi connectivity index (χ1) is 14.8. The Balaban J connectivity index is 1.39. The Morgan fingerprint density at radius 1 is 1.39 bits per heavy atom. The SMILES string of the molecule is Cn1ncc(SCC2(C(=O)O)CS[C@@H]3C(NC(=O)C(O)c4ccccc4)C(=O)N3C2)n1. The van der Waals surface area contributed by atoms with E-state index in [4.69, 9.17) is 0 Å². The van der Waals surface area contributed by atoms with E-state index >= 15 is 0 Å². The molecule has 2 amide bonds. The summed E-state index contributed by atoms with van der Waals surface area (Å²) < 4.78 is 0. The highest BCUT2D eigenvalue weighted by molar-refractivity contribution is 8.00. The van der Waals surface area contributed by atoms with E-state index in [2.05, 4.69) is 15.5 Å². The number of amides is 2. The lowest BCUT2D eigenvalue weighted by Gasteiger charge is -2.53. The van der Waals surface area contributed by atoms with E-state index in [9.17, 15) is 24.6 Å². The van der Waals surface area contributed by atoms with Crippen LogP contribution in [0.15, 0.2) is 41.6 Å². The summed E-state index contributed by atoms with van der Waals surface area (Å²) in [5.41, 5.74) is -0.691. The van der Waals surface area contributed by atoms with E-state index < -0.39 is 29.4 Å². The number of aryl methyl sites for hydroxylation is 1. The highest BCUT2D eigenvalue weighted by atomic mass is 32.2. The lowest BCUT2D eigenvalue weighted by Crippen LogP contribution is -2.74. The van der Waals surface area contributed by atoms with E-state index in [1.165, 1.54) is 33.2 Å². The van der Waals surface area contributed by atoms with Crippen molar-refractivity contribution < 1.29 is 24.6 Å². The maximum Gasteiger partial charge on any atom is 0.313 e. The van der Waals surface area contributed by atoms with Gasteiger partial charge in [0.25, 0.3) is 5.91 Å². The van der Waals surface area contributed by atoms with Crippen LogP contribution in [0.1, 0.15) is 11.7 Å². The van der Waals surface area contributed by atoms with E-state index in [0.717, 1.165) is 0 Å². The van der Waals surface area contributed by atoms with Crippen LogP contribution in [0.4, 0.5) is 0 Å². The predicted octanol–water partition coefficient (Wildman–Crippen LogP) is 0.112. The molecule has 2 aliphatic heterocycles. The van der Waals surface area contributed by atoms with Crippen molar-refractivity contribution in [3.63, 3.8) is 0 Å². The van der Waals surface area contributed by atoms with Crippen molar-refractivity contribution in [1.29, 1.82) is 0 Å². The Morgan fingerprint density at radius 2 is 2.13 bits per heavy atom. The molecule has 12 heteroatoms. The molecule has 2 aromatic rings. The standard InChI is InChI=1S/C19H21N5O5S2/c1-23-20-7-12(22-23)30-9-19(18(28)29)8-24-16(27)13(17(24)31-10-19)21-15(26)14(25)11-5-3-2-4-6-11/h2-7,13-14,17,25H,8-10H2,1H3,(H,21,26)(H,28,29)/t13?,14?,17-,19?/m1/s1. The molecule has 0 aliphatic carbocycles. The Morgan fingerprint density at radius 3 is 2.77 bits per heavy atom. The smallest absolute Gasteiger partial charge is 0.313 e. The Hall–Kier alpha value is -2.57. The molecule has 2 aliphatic rings. The van der Waals surface area contributed by atoms with Gasteiger partial charge in [0.1, 0.15) is 21.9 Å². The Labute approximate surface area is 186 Å². The molecule has 0 bridgehead atoms. The average Bonchev–Trinajstić information content (AvgIpc) is 3.20. The van der Waals surface area contributed by atoms with Gasteiger partial charge in [-0.15, -0.1) is 28.6 Å². The molecule has 1 aromatic carbocycles. The number of carboxylic acid groups (broad SMARTS) is 1. The summed E-state index contributed by atoms with van der Waals surface area (Å²) in [6, 6.07) is 7.68. The number of hydrogen-bond acceptors (Lipinski definition) is 8. The summed E-state index contributed by atoms with van der Waals surface area (Å²) in [7, 11) is 1.68. The first-order valence-corrected chi connectivity index (χ1v) is 11.5. The van der Waals surface area contributed by atoms with Crippen molar-refractivity contribution in [3.8, 4) is 0 Å². The second-order valence-electron chi connectivity index (χ2n) is 7.51. The van der Waals surface area contributed by atoms with Crippen LogP contribution in [0.2, 0.25) is 0 Å². The first kappa shape index (κ1) is 21.7. The number of β-lactam (4-membered cyclic amide) rings is 1. The van der Waals surface area contributed by atoms with Gasteiger partial charge in [-0.3, -0.25) is 14.4 Å². The van der Waals surface area contributed by atoms with Gasteiger partial charge in [-0.2, -0.15) is 9.90 Å². The van der Waals surface area contributed by atoms with Gasteiger partial charge >= 0.3 is 5.97 Å². The molecule has 164 valence electrons. The van der Waals surface area contributed by atoms with Crippen LogP contribution in [-0.2, 0) is 21.4 Å². The number of rotatable bonds is 7. The second kappa shape index (κ2) is 8.52. The van der Waals surface area contributed by atoms with Gasteiger partial charge < -0.3 is 20.4 Å². The van der Waals surface area contributed by atoms with Crippen molar-refractivity contribution in [3.05, 3.63) is 42.1 Å². The van der Waals surface area contributed by atoms with Crippen molar-refractivity contribution in [2.75, 3.05) is 18.1 Å². The molecule has 1 aromatic heterocycles. The van der Waals surface area contributed by atoms with Gasteiger partial charge in [0.05, 0.1) is 6.20 Å². The average molecular weight is 464 g/mol. The number of carboxylic acids is 1. The van der Waals surface area contributed by atoms with E-state index in [-0.39, 0.29) is 29.3 Å². The molecule has 0 radical (unpaired) electrons. The van der Waals surface area contributed by atoms with Gasteiger partial charge in [0, 0.05) is 25.1 Å². The molecule has 2 fully saturated rings. The van der Waals surface area contributed by atoms with Crippen LogP contribution in [0.5, 0.6) is 0 Å². The zero-order valence-electron chi connectivity index (χ0n) is 16.5. The number of hydrogen-bond donors (Lipinski definition) is 3. The predicted molar refractivity (Wildman–Crippen MR) is 113 cm³/mol. The van der Waals surface area contributed by atoms with E-state index in [1.54, 1.807) is 43.6 Å². The fourth-order valence-electron chi connectivity index (χ4n) is 3.53. The largest absolute Gasteiger partial charge is 0.481 e. The molecule has 3 heterocycles. The number of carbonyl (C=O) groups excluding carboxylic acids is 2. The minimum Gasteiger partial charge on any atom is -0.481 e. The molecule has 2 saturated heterocycles. The molecule has 10 nitrogen and oxygen atoms in total. The van der Waals surface area contributed by atoms with Gasteiger partial charge in [-0.05, 0) is 5.56 Å². The number of aliphatic hydroxyl groups excluding tert-OH is 1. The topological polar surface area (TPSA) is 138 Å². The summed E-state index contributed by atoms with van der Waals surface area (Å²) in [5, 5.41) is 31.1. The number of aliphatic hydroxyl groups is 1. The van der Waals surface area contributed by atoms with Crippen molar-refractivity contribution in [1.82, 2.24) is 25.2 Å². The summed E-state index contributed by atoms with van der Waals surface area (Å²) in [4.78, 5) is 40.0. The molecule has 4 atom stereocenters. The number of nitrogens with zero attached hydrogens (tertiary/aromatic N) is 4. The molecular formula is C19H21N5O5S2. The third-order valence-electron chi connectivity index (χ3n) is 5.33. The number of nitrogens with one attached hydrogen (secondary N) is 1. The molecular weight excluding hydrogens is 442 g/mol. The summed E-state index contributed by atoms with van der Waals surface area (Å²) >= 11 is 2.61. The molecule has 31 heavy (non-hydrogen) atoms. The third-order valence-corrected chi connectivity index (χ3v) is 8.10. The van der Waals surface area contributed by atoms with Crippen molar-refractivity contribution in [2.45, 2.75) is 22.5 Å². The van der Waals surface area contributed by atoms with Crippen LogP contribution in [0.3, 0.4) is 0 Å². The monoisotopic (exact) mass is 463 g/mol. The molecule has 0 spiro atoms. The van der Waals surface area contributed by atoms with Gasteiger partial charge in [0.2, 0.25) is 5.91 Å². The van der Waals surface area contributed by atoms with Crippen LogP contribution >= 0.6 is 23.5 Å². The highest BCUT2D eigenvalue weighted by Crippen LogP contribution is 2.44. The van der Waals surface area contributed by atoms with Crippen LogP contribution in [-0.4, -0.2) is 77.4 Å². The fraction of sp³-hybridized carbons (Fsp3) is 0.421. The molecule has 4 rings (SSSR count). The molecule has 3 unspecified atom stereocenters. The minimum absolute atomic E-state index is 0.0553. The zero-order chi connectivity index (χ0) is 22.2. The molecule has 3 N–H and O–H groups in total. The van der Waals surface area contributed by atoms with Crippen LogP contribution in [0, 0.1) is 5.41 Å². The fourth-order valence-corrected chi connectivity index (χ4v) is 6.24. The Kier molecular flexibility index (Phi) is 5.95. The number of benzene rings is 1. The zero-order valence-corrected chi connectivity index (χ0v) is 18.2. The van der Waals surface area contributed by atoms with Crippen LogP contribution < -0.4 is 5.32 Å². The van der Waals surface area contributed by atoms with Gasteiger partial charge in [0.15, 0.2) is 6.10 Å².